The van der Waals surface area contributed by atoms with Gasteiger partial charge in [-0.05, 0) is 34.4 Å². The van der Waals surface area contributed by atoms with E-state index in [1.165, 1.54) is 0 Å². The molecule has 1 saturated heterocycles. The number of alkyl halides is 6. The van der Waals surface area contributed by atoms with E-state index in [0.717, 1.165) is 23.3 Å². The van der Waals surface area contributed by atoms with E-state index in [2.05, 4.69) is 9.88 Å². The van der Waals surface area contributed by atoms with Crippen LogP contribution in [-0.4, -0.2) is 77.0 Å². The van der Waals surface area contributed by atoms with Crippen LogP contribution in [-0.2, 0) is 28.2 Å². The van der Waals surface area contributed by atoms with Gasteiger partial charge in [0.25, 0.3) is 5.60 Å². The highest BCUT2D eigenvalue weighted by atomic mass is 19.4. The van der Waals surface area contributed by atoms with Crippen LogP contribution in [0.2, 0.25) is 0 Å². The van der Waals surface area contributed by atoms with Gasteiger partial charge in [0.15, 0.2) is 0 Å². The molecule has 0 saturated carbocycles. The Morgan fingerprint density at radius 3 is 1.95 bits per heavy atom. The van der Waals surface area contributed by atoms with E-state index in [9.17, 15) is 36.2 Å². The average Bonchev–Trinajstić information content (AvgIpc) is 2.96. The fraction of sp³-hybridized carbons (Fsp3) is 0.379. The lowest BCUT2D eigenvalue weighted by molar-refractivity contribution is -0.376. The van der Waals surface area contributed by atoms with E-state index in [1.807, 2.05) is 17.0 Å². The van der Waals surface area contributed by atoms with Gasteiger partial charge in [0.2, 0.25) is 0 Å². The molecule has 0 bridgehead atoms. The molecule has 0 aliphatic carbocycles. The second-order valence-electron chi connectivity index (χ2n) is 10.0. The maximum absolute atomic E-state index is 13.2. The van der Waals surface area contributed by atoms with Crippen LogP contribution >= 0.6 is 0 Å². The average molecular weight is 597 g/mol. The lowest BCUT2D eigenvalue weighted by atomic mass is 9.90. The van der Waals surface area contributed by atoms with Gasteiger partial charge in [0.05, 0.1) is 0 Å². The number of benzene rings is 2. The maximum atomic E-state index is 13.2. The maximum Gasteiger partial charge on any atom is 0.430 e. The molecule has 1 fully saturated rings. The van der Waals surface area contributed by atoms with Crippen molar-refractivity contribution in [3.63, 3.8) is 0 Å². The van der Waals surface area contributed by atoms with Gasteiger partial charge in [-0.2, -0.15) is 26.3 Å². The molecule has 2 heterocycles. The van der Waals surface area contributed by atoms with Gasteiger partial charge in [0, 0.05) is 57.2 Å². The largest absolute Gasteiger partial charge is 0.463 e. The summed E-state index contributed by atoms with van der Waals surface area (Å²) >= 11 is 0. The summed E-state index contributed by atoms with van der Waals surface area (Å²) in [5.74, 6) is -0.380. The molecular formula is C29H30F6N4O3. The molecule has 7 nitrogen and oxygen atoms in total. The molecule has 3 N–H and O–H groups in total. The van der Waals surface area contributed by atoms with Gasteiger partial charge in [-0.1, -0.05) is 48.5 Å². The molecule has 1 aromatic heterocycles. The Hall–Kier alpha value is -3.52. The fourth-order valence-electron chi connectivity index (χ4n) is 4.86. The summed E-state index contributed by atoms with van der Waals surface area (Å²) in [7, 11) is 0. The van der Waals surface area contributed by atoms with E-state index in [-0.39, 0.29) is 19.1 Å². The molecule has 0 spiro atoms. The Balaban J connectivity index is 1.47. The molecule has 226 valence electrons. The first-order chi connectivity index (χ1) is 19.8. The zero-order chi connectivity index (χ0) is 30.5. The highest BCUT2D eigenvalue weighted by molar-refractivity contribution is 5.76. The van der Waals surface area contributed by atoms with Crippen molar-refractivity contribution in [2.24, 2.45) is 5.73 Å². The summed E-state index contributed by atoms with van der Waals surface area (Å²) in [6.07, 6.45) is -8.48. The van der Waals surface area contributed by atoms with Crippen molar-refractivity contribution in [2.45, 2.75) is 37.1 Å². The van der Waals surface area contributed by atoms with E-state index in [0.29, 0.717) is 56.0 Å². The number of ether oxygens (including phenoxy) is 1. The molecule has 0 radical (unpaired) electrons. The van der Waals surface area contributed by atoms with E-state index in [1.54, 1.807) is 36.7 Å². The summed E-state index contributed by atoms with van der Waals surface area (Å²) in [6, 6.07) is 13.6. The molecule has 1 aliphatic heterocycles. The van der Waals surface area contributed by atoms with Crippen molar-refractivity contribution in [3.05, 3.63) is 89.7 Å². The molecule has 1 unspecified atom stereocenters. The van der Waals surface area contributed by atoms with Gasteiger partial charge in [-0.3, -0.25) is 19.6 Å². The van der Waals surface area contributed by atoms with Crippen molar-refractivity contribution in [1.82, 2.24) is 14.8 Å². The number of pyridine rings is 1. The molecule has 1 atom stereocenters. The Labute approximate surface area is 238 Å². The zero-order valence-corrected chi connectivity index (χ0v) is 22.4. The number of aliphatic hydroxyl groups is 1. The van der Waals surface area contributed by atoms with Gasteiger partial charge < -0.3 is 15.6 Å². The second-order valence-corrected chi connectivity index (χ2v) is 10.0. The quantitative estimate of drug-likeness (QED) is 0.282. The van der Waals surface area contributed by atoms with Crippen LogP contribution in [0.1, 0.15) is 16.7 Å². The smallest absolute Gasteiger partial charge is 0.430 e. The Morgan fingerprint density at radius 2 is 1.40 bits per heavy atom. The number of nitrogens with two attached hydrogens (primary N) is 1. The van der Waals surface area contributed by atoms with Crippen LogP contribution < -0.4 is 5.73 Å². The second kappa shape index (κ2) is 12.8. The number of hydrogen-bond acceptors (Lipinski definition) is 7. The lowest BCUT2D eigenvalue weighted by Crippen LogP contribution is -2.56. The fourth-order valence-corrected chi connectivity index (χ4v) is 4.86. The summed E-state index contributed by atoms with van der Waals surface area (Å²) in [5, 5.41) is 9.61. The number of piperazine rings is 1. The third kappa shape index (κ3) is 6.92. The summed E-state index contributed by atoms with van der Waals surface area (Å²) in [6.45, 7) is 3.09. The summed E-state index contributed by atoms with van der Waals surface area (Å²) < 4.78 is 84.5. The number of halogens is 6. The SMILES string of the molecule is NCCOC(=O)C1CN(Cc2ccncc2)CCN1Cc1ccc(-c2ccc(C(O)(C(F)(F)F)C(F)(F)F)cc2)cc1. The number of esters is 1. The zero-order valence-electron chi connectivity index (χ0n) is 22.4. The number of aromatic nitrogens is 1. The molecule has 42 heavy (non-hydrogen) atoms. The van der Waals surface area contributed by atoms with Gasteiger partial charge in [-0.15, -0.1) is 0 Å². The number of nitrogens with zero attached hydrogens (tertiary/aromatic N) is 3. The molecule has 1 aliphatic rings. The van der Waals surface area contributed by atoms with Crippen LogP contribution in [0.25, 0.3) is 11.1 Å². The van der Waals surface area contributed by atoms with Gasteiger partial charge in [0.1, 0.15) is 12.6 Å². The molecule has 2 aromatic carbocycles. The molecular weight excluding hydrogens is 566 g/mol. The minimum atomic E-state index is -5.95. The standard InChI is InChI=1S/C29H30F6N4O3/c30-28(31,32)27(41,29(33,34)35)24-7-5-23(6-8-24)22-3-1-20(2-4-22)18-39-15-14-38(17-21-9-12-37-13-10-21)19-25(39)26(40)42-16-11-36/h1-10,12-13,25,41H,11,14-19,36H2. The van der Waals surface area contributed by atoms with E-state index >= 15 is 0 Å². The monoisotopic (exact) mass is 596 g/mol. The highest BCUT2D eigenvalue weighted by Gasteiger charge is 2.71. The predicted octanol–water partition coefficient (Wildman–Crippen LogP) is 4.25. The Kier molecular flexibility index (Phi) is 9.56. The third-order valence-electron chi connectivity index (χ3n) is 7.16. The van der Waals surface area contributed by atoms with Crippen molar-refractivity contribution in [2.75, 3.05) is 32.8 Å². The first-order valence-corrected chi connectivity index (χ1v) is 13.1. The normalized spacial score (nSPS) is 17.3. The predicted molar refractivity (Wildman–Crippen MR) is 142 cm³/mol. The number of carbonyl (C=O) groups is 1. The number of hydrogen-bond donors (Lipinski definition) is 2. The molecule has 3 aromatic rings. The lowest BCUT2D eigenvalue weighted by Gasteiger charge is -2.40. The first kappa shape index (κ1) is 31.4. The number of carbonyl (C=O) groups excluding carboxylic acids is 1. The molecule has 0 amide bonds. The van der Waals surface area contributed by atoms with Crippen molar-refractivity contribution in [1.29, 1.82) is 0 Å². The van der Waals surface area contributed by atoms with E-state index in [4.69, 9.17) is 10.5 Å². The van der Waals surface area contributed by atoms with Crippen LogP contribution in [0.4, 0.5) is 26.3 Å². The molecule has 4 rings (SSSR count). The minimum Gasteiger partial charge on any atom is -0.463 e. The first-order valence-electron chi connectivity index (χ1n) is 13.1. The third-order valence-corrected chi connectivity index (χ3v) is 7.16. The van der Waals surface area contributed by atoms with Crippen LogP contribution in [0.5, 0.6) is 0 Å². The molecule has 13 heteroatoms. The van der Waals surface area contributed by atoms with Crippen LogP contribution in [0.15, 0.2) is 73.1 Å². The van der Waals surface area contributed by atoms with E-state index < -0.39 is 29.6 Å². The van der Waals surface area contributed by atoms with Crippen LogP contribution in [0, 0.1) is 0 Å². The van der Waals surface area contributed by atoms with Gasteiger partial charge in [-0.25, -0.2) is 0 Å². The van der Waals surface area contributed by atoms with Gasteiger partial charge >= 0.3 is 18.3 Å². The van der Waals surface area contributed by atoms with Crippen molar-refractivity contribution in [3.8, 4) is 11.1 Å². The topological polar surface area (TPSA) is 91.9 Å². The Morgan fingerprint density at radius 1 is 0.857 bits per heavy atom. The number of rotatable bonds is 9. The van der Waals surface area contributed by atoms with Crippen molar-refractivity contribution >= 4 is 5.97 Å². The Bertz CT molecular complexity index is 1300. The summed E-state index contributed by atoms with van der Waals surface area (Å²) in [5.41, 5.74) is 2.03. The van der Waals surface area contributed by atoms with Crippen LogP contribution in [0.3, 0.4) is 0 Å². The minimum absolute atomic E-state index is 0.102. The highest BCUT2D eigenvalue weighted by Crippen LogP contribution is 2.50. The summed E-state index contributed by atoms with van der Waals surface area (Å²) in [4.78, 5) is 21.1. The van der Waals surface area contributed by atoms with Crippen molar-refractivity contribution < 1.29 is 41.0 Å².